The van der Waals surface area contributed by atoms with Gasteiger partial charge in [0.15, 0.2) is 5.92 Å². The molecule has 0 saturated carbocycles. The topological polar surface area (TPSA) is 62.5 Å². The lowest BCUT2D eigenvalue weighted by molar-refractivity contribution is -0.147. The van der Waals surface area contributed by atoms with Gasteiger partial charge in [0.05, 0.1) is 12.7 Å². The third-order valence-corrected chi connectivity index (χ3v) is 5.41. The molecule has 0 aliphatic heterocycles. The van der Waals surface area contributed by atoms with Crippen LogP contribution < -0.4 is 0 Å². The second kappa shape index (κ2) is 11.3. The molecule has 0 N–H and O–H groups in total. The van der Waals surface area contributed by atoms with Crippen molar-refractivity contribution in [3.05, 3.63) is 11.6 Å². The first kappa shape index (κ1) is 23.4. The van der Waals surface area contributed by atoms with Crippen molar-refractivity contribution in [1.82, 2.24) is 0 Å². The van der Waals surface area contributed by atoms with Gasteiger partial charge in [-0.15, -0.1) is 0 Å². The van der Waals surface area contributed by atoms with Crippen LogP contribution in [0.15, 0.2) is 16.6 Å². The fourth-order valence-electron chi connectivity index (χ4n) is 3.53. The van der Waals surface area contributed by atoms with Crippen molar-refractivity contribution in [3.63, 3.8) is 0 Å². The third kappa shape index (κ3) is 7.87. The van der Waals surface area contributed by atoms with Crippen molar-refractivity contribution >= 4 is 11.7 Å². The molecule has 152 valence electrons. The highest BCUT2D eigenvalue weighted by Crippen LogP contribution is 2.37. The number of carbonyl (C=O) groups is 1. The van der Waals surface area contributed by atoms with Crippen LogP contribution in [0.4, 0.5) is 0 Å². The lowest BCUT2D eigenvalue weighted by Gasteiger charge is -2.32. The first-order valence-corrected chi connectivity index (χ1v) is 10.6. The third-order valence-electron chi connectivity index (χ3n) is 5.41. The van der Waals surface area contributed by atoms with Crippen LogP contribution in [-0.4, -0.2) is 24.3 Å². The van der Waals surface area contributed by atoms with E-state index in [0.29, 0.717) is 12.5 Å². The first-order chi connectivity index (χ1) is 12.8. The Balaban J connectivity index is 2.89. The van der Waals surface area contributed by atoms with Crippen molar-refractivity contribution in [2.75, 3.05) is 6.61 Å². The van der Waals surface area contributed by atoms with Crippen LogP contribution in [-0.2, 0) is 9.53 Å². The van der Waals surface area contributed by atoms with Gasteiger partial charge >= 0.3 is 5.97 Å². The number of esters is 1. The van der Waals surface area contributed by atoms with Crippen LogP contribution in [0.25, 0.3) is 0 Å². The van der Waals surface area contributed by atoms with E-state index in [4.69, 9.17) is 9.73 Å². The molecule has 0 spiro atoms. The van der Waals surface area contributed by atoms with Crippen molar-refractivity contribution < 1.29 is 9.53 Å². The fraction of sp³-hybridized carbons (Fsp3) is 0.783. The van der Waals surface area contributed by atoms with E-state index in [1.165, 1.54) is 0 Å². The normalized spacial score (nSPS) is 21.1. The standard InChI is InChI=1S/C23H38N2O2/c1-7-10-11-18(9-3)16-27-22(26)21(15-24)19-12-20(25-17(4)8-2)14-23(5,6)13-19/h12,17-18,21H,7-11,13-14,16H2,1-6H3. The fourth-order valence-corrected chi connectivity index (χ4v) is 3.53. The number of rotatable bonds is 10. The zero-order valence-corrected chi connectivity index (χ0v) is 18.2. The predicted molar refractivity (Wildman–Crippen MR) is 112 cm³/mol. The molecule has 0 bridgehead atoms. The molecule has 3 unspecified atom stereocenters. The molecule has 0 fully saturated rings. The summed E-state index contributed by atoms with van der Waals surface area (Å²) in [5, 5.41) is 9.67. The summed E-state index contributed by atoms with van der Waals surface area (Å²) in [5.74, 6) is -0.845. The molecule has 0 amide bonds. The molecule has 1 rings (SSSR count). The summed E-state index contributed by atoms with van der Waals surface area (Å²) in [6, 6.07) is 2.44. The summed E-state index contributed by atoms with van der Waals surface area (Å²) in [7, 11) is 0. The summed E-state index contributed by atoms with van der Waals surface area (Å²) >= 11 is 0. The van der Waals surface area contributed by atoms with Gasteiger partial charge in [-0.05, 0) is 55.6 Å². The van der Waals surface area contributed by atoms with E-state index in [2.05, 4.69) is 47.6 Å². The van der Waals surface area contributed by atoms with Crippen molar-refractivity contribution in [2.45, 2.75) is 92.5 Å². The van der Waals surface area contributed by atoms with Crippen LogP contribution in [0.2, 0.25) is 0 Å². The molecule has 0 aromatic rings. The van der Waals surface area contributed by atoms with Gasteiger partial charge < -0.3 is 4.74 Å². The quantitative estimate of drug-likeness (QED) is 0.449. The van der Waals surface area contributed by atoms with Crippen LogP contribution >= 0.6 is 0 Å². The largest absolute Gasteiger partial charge is 0.464 e. The molecule has 1 aliphatic carbocycles. The average Bonchev–Trinajstić information content (AvgIpc) is 2.61. The number of allylic oxidation sites excluding steroid dienone is 1. The van der Waals surface area contributed by atoms with E-state index in [9.17, 15) is 10.1 Å². The van der Waals surface area contributed by atoms with Crippen molar-refractivity contribution in [2.24, 2.45) is 22.2 Å². The first-order valence-electron chi connectivity index (χ1n) is 10.6. The smallest absolute Gasteiger partial charge is 0.327 e. The van der Waals surface area contributed by atoms with Gasteiger partial charge in [-0.25, -0.2) is 0 Å². The molecule has 27 heavy (non-hydrogen) atoms. The molecule has 3 atom stereocenters. The van der Waals surface area contributed by atoms with E-state index >= 15 is 0 Å². The Morgan fingerprint density at radius 1 is 1.30 bits per heavy atom. The Labute approximate surface area is 166 Å². The van der Waals surface area contributed by atoms with Crippen molar-refractivity contribution in [3.8, 4) is 6.07 Å². The monoisotopic (exact) mass is 374 g/mol. The van der Waals surface area contributed by atoms with Gasteiger partial charge in [0.25, 0.3) is 0 Å². The molecule has 0 radical (unpaired) electrons. The average molecular weight is 375 g/mol. The molecule has 4 heteroatoms. The number of nitrogens with zero attached hydrogens (tertiary/aromatic N) is 2. The highest BCUT2D eigenvalue weighted by Gasteiger charge is 2.34. The number of unbranched alkanes of at least 4 members (excludes halogenated alkanes) is 1. The zero-order chi connectivity index (χ0) is 20.4. The number of hydrogen-bond acceptors (Lipinski definition) is 4. The second-order valence-electron chi connectivity index (χ2n) is 8.72. The Bertz CT molecular complexity index is 584. The number of nitriles is 1. The maximum Gasteiger partial charge on any atom is 0.327 e. The molecule has 0 heterocycles. The van der Waals surface area contributed by atoms with Gasteiger partial charge in [-0.3, -0.25) is 9.79 Å². The maximum absolute atomic E-state index is 12.6. The lowest BCUT2D eigenvalue weighted by atomic mass is 9.73. The van der Waals surface area contributed by atoms with Crippen LogP contribution in [0, 0.1) is 28.6 Å². The highest BCUT2D eigenvalue weighted by molar-refractivity contribution is 5.98. The summed E-state index contributed by atoms with van der Waals surface area (Å²) in [6.45, 7) is 13.3. The lowest BCUT2D eigenvalue weighted by Crippen LogP contribution is -2.29. The van der Waals surface area contributed by atoms with Gasteiger partial charge in [-0.1, -0.05) is 53.9 Å². The Morgan fingerprint density at radius 2 is 2.00 bits per heavy atom. The number of aliphatic imine (C=N–C) groups is 1. The molecule has 4 nitrogen and oxygen atoms in total. The molecular formula is C23H38N2O2. The molecule has 0 aromatic carbocycles. The van der Waals surface area contributed by atoms with E-state index < -0.39 is 11.9 Å². The van der Waals surface area contributed by atoms with Gasteiger partial charge in [0.1, 0.15) is 0 Å². The minimum atomic E-state index is -0.824. The summed E-state index contributed by atoms with van der Waals surface area (Å²) in [5.41, 5.74) is 1.85. The maximum atomic E-state index is 12.6. The van der Waals surface area contributed by atoms with E-state index in [-0.39, 0.29) is 11.5 Å². The minimum Gasteiger partial charge on any atom is -0.464 e. The van der Waals surface area contributed by atoms with Crippen LogP contribution in [0.1, 0.15) is 86.5 Å². The highest BCUT2D eigenvalue weighted by atomic mass is 16.5. The molecule has 0 aromatic heterocycles. The zero-order valence-electron chi connectivity index (χ0n) is 18.2. The second-order valence-corrected chi connectivity index (χ2v) is 8.72. The Hall–Kier alpha value is -1.63. The van der Waals surface area contributed by atoms with Crippen LogP contribution in [0.5, 0.6) is 0 Å². The van der Waals surface area contributed by atoms with E-state index in [1.807, 2.05) is 6.08 Å². The molecule has 0 saturated heterocycles. The number of carbonyl (C=O) groups excluding carboxylic acids is 1. The SMILES string of the molecule is CCCCC(CC)COC(=O)C(C#N)C1=CC(=NC(C)CC)CC(C)(C)C1. The minimum absolute atomic E-state index is 0.00115. The van der Waals surface area contributed by atoms with Gasteiger partial charge in [-0.2, -0.15) is 5.26 Å². The Kier molecular flexibility index (Phi) is 9.77. The number of hydrogen-bond donors (Lipinski definition) is 0. The van der Waals surface area contributed by atoms with E-state index in [1.54, 1.807) is 0 Å². The van der Waals surface area contributed by atoms with E-state index in [0.717, 1.165) is 56.2 Å². The molecular weight excluding hydrogens is 336 g/mol. The van der Waals surface area contributed by atoms with Gasteiger partial charge in [0.2, 0.25) is 0 Å². The summed E-state index contributed by atoms with van der Waals surface area (Å²) in [4.78, 5) is 17.4. The number of ether oxygens (including phenoxy) is 1. The summed E-state index contributed by atoms with van der Waals surface area (Å²) < 4.78 is 5.56. The molecule has 1 aliphatic rings. The van der Waals surface area contributed by atoms with Gasteiger partial charge in [0, 0.05) is 11.8 Å². The Morgan fingerprint density at radius 3 is 2.56 bits per heavy atom. The predicted octanol–water partition coefficient (Wildman–Crippen LogP) is 5.87. The summed E-state index contributed by atoms with van der Waals surface area (Å²) in [6.07, 6.45) is 8.91. The van der Waals surface area contributed by atoms with Crippen molar-refractivity contribution in [1.29, 1.82) is 5.26 Å². The van der Waals surface area contributed by atoms with Crippen LogP contribution in [0.3, 0.4) is 0 Å².